The van der Waals surface area contributed by atoms with Gasteiger partial charge in [-0.2, -0.15) is 0 Å². The molecule has 0 radical (unpaired) electrons. The maximum Gasteiger partial charge on any atom is 0.341 e. The lowest BCUT2D eigenvalue weighted by molar-refractivity contribution is -0.142. The van der Waals surface area contributed by atoms with Crippen molar-refractivity contribution in [2.75, 3.05) is 14.2 Å². The summed E-state index contributed by atoms with van der Waals surface area (Å²) in [4.78, 5) is 36.3. The molecular formula is C17H24N2O6. The van der Waals surface area contributed by atoms with Gasteiger partial charge in [0.2, 0.25) is 0 Å². The number of carbonyl (C=O) groups excluding carboxylic acids is 2. The molecule has 0 unspecified atom stereocenters. The fourth-order valence-electron chi connectivity index (χ4n) is 3.01. The van der Waals surface area contributed by atoms with E-state index < -0.39 is 11.9 Å². The predicted molar refractivity (Wildman–Crippen MR) is 88.2 cm³/mol. The highest BCUT2D eigenvalue weighted by Crippen LogP contribution is 2.24. The number of carboxylic acid groups (broad SMARTS) is 1. The number of rotatable bonds is 5. The van der Waals surface area contributed by atoms with Crippen LogP contribution in [0.15, 0.2) is 10.5 Å². The normalized spacial score (nSPS) is 20.0. The summed E-state index contributed by atoms with van der Waals surface area (Å²) in [6, 6.07) is 1.30. The van der Waals surface area contributed by atoms with Gasteiger partial charge in [0, 0.05) is 13.1 Å². The number of aryl methyl sites for hydroxylation is 1. The van der Waals surface area contributed by atoms with Crippen molar-refractivity contribution in [3.05, 3.63) is 23.2 Å². The number of amides is 2. The number of urea groups is 1. The van der Waals surface area contributed by atoms with E-state index in [1.807, 2.05) is 0 Å². The first-order valence-electron chi connectivity index (χ1n) is 8.23. The molecule has 138 valence electrons. The molecule has 0 spiro atoms. The number of methoxy groups -OCH3 is 1. The summed E-state index contributed by atoms with van der Waals surface area (Å²) in [7, 11) is 2.93. The minimum atomic E-state index is -0.767. The molecule has 25 heavy (non-hydrogen) atoms. The Bertz CT molecular complexity index is 646. The maximum atomic E-state index is 12.3. The van der Waals surface area contributed by atoms with E-state index in [4.69, 9.17) is 9.52 Å². The Hall–Kier alpha value is -2.51. The second kappa shape index (κ2) is 8.04. The van der Waals surface area contributed by atoms with Gasteiger partial charge in [-0.1, -0.05) is 0 Å². The third kappa shape index (κ3) is 4.74. The first-order chi connectivity index (χ1) is 11.8. The van der Waals surface area contributed by atoms with Gasteiger partial charge in [0.05, 0.1) is 19.6 Å². The summed E-state index contributed by atoms with van der Waals surface area (Å²) in [5.74, 6) is -0.618. The van der Waals surface area contributed by atoms with E-state index in [1.165, 1.54) is 12.0 Å². The number of carbonyl (C=O) groups is 3. The SMILES string of the molecule is COC(=O)c1cc(CN(C)C(=O)NC2CCC(C(=O)O)CC2)oc1C. The molecule has 1 fully saturated rings. The number of nitrogens with one attached hydrogen (secondary N) is 1. The number of hydrogen-bond acceptors (Lipinski definition) is 5. The van der Waals surface area contributed by atoms with Crippen molar-refractivity contribution in [1.29, 1.82) is 0 Å². The highest BCUT2D eigenvalue weighted by Gasteiger charge is 2.27. The standard InChI is InChI=1S/C17H24N2O6/c1-10-14(16(22)24-3)8-13(25-10)9-19(2)17(23)18-12-6-4-11(5-7-12)15(20)21/h8,11-12H,4-7,9H2,1-3H3,(H,18,23)(H,20,21). The molecule has 1 aromatic heterocycles. The van der Waals surface area contributed by atoms with Crippen LogP contribution in [0.3, 0.4) is 0 Å². The number of esters is 1. The van der Waals surface area contributed by atoms with Crippen LogP contribution in [0.2, 0.25) is 0 Å². The third-order valence-corrected chi connectivity index (χ3v) is 4.52. The Morgan fingerprint density at radius 1 is 1.32 bits per heavy atom. The number of aliphatic carboxylic acids is 1. The van der Waals surface area contributed by atoms with Crippen LogP contribution in [0.25, 0.3) is 0 Å². The summed E-state index contributed by atoms with van der Waals surface area (Å²) in [6.45, 7) is 1.88. The number of carboxylic acids is 1. The molecule has 0 bridgehead atoms. The molecule has 1 aromatic rings. The molecule has 0 aliphatic heterocycles. The fraction of sp³-hybridized carbons (Fsp3) is 0.588. The molecule has 1 heterocycles. The molecule has 0 saturated heterocycles. The van der Waals surface area contributed by atoms with E-state index in [1.54, 1.807) is 20.0 Å². The minimum absolute atomic E-state index is 0.0190. The van der Waals surface area contributed by atoms with E-state index in [2.05, 4.69) is 10.1 Å². The minimum Gasteiger partial charge on any atom is -0.481 e. The van der Waals surface area contributed by atoms with Gasteiger partial charge in [-0.15, -0.1) is 0 Å². The van der Waals surface area contributed by atoms with Crippen LogP contribution in [-0.4, -0.2) is 48.2 Å². The van der Waals surface area contributed by atoms with E-state index in [0.717, 1.165) is 0 Å². The molecule has 0 aromatic carbocycles. The zero-order chi connectivity index (χ0) is 18.6. The molecule has 8 heteroatoms. The monoisotopic (exact) mass is 352 g/mol. The van der Waals surface area contributed by atoms with Crippen molar-refractivity contribution >= 4 is 18.0 Å². The average molecular weight is 352 g/mol. The number of nitrogens with zero attached hydrogens (tertiary/aromatic N) is 1. The van der Waals surface area contributed by atoms with Crippen molar-refractivity contribution < 1.29 is 28.6 Å². The molecule has 1 aliphatic rings. The average Bonchev–Trinajstić information content (AvgIpc) is 2.94. The highest BCUT2D eigenvalue weighted by molar-refractivity contribution is 5.90. The van der Waals surface area contributed by atoms with Crippen LogP contribution < -0.4 is 5.32 Å². The largest absolute Gasteiger partial charge is 0.481 e. The van der Waals surface area contributed by atoms with Gasteiger partial charge >= 0.3 is 18.0 Å². The van der Waals surface area contributed by atoms with Crippen LogP contribution in [-0.2, 0) is 16.1 Å². The number of ether oxygens (including phenoxy) is 1. The van der Waals surface area contributed by atoms with Gasteiger partial charge in [0.15, 0.2) is 0 Å². The van der Waals surface area contributed by atoms with Gasteiger partial charge in [-0.05, 0) is 38.7 Å². The van der Waals surface area contributed by atoms with Crippen LogP contribution >= 0.6 is 0 Å². The lowest BCUT2D eigenvalue weighted by Gasteiger charge is -2.28. The maximum absolute atomic E-state index is 12.3. The topological polar surface area (TPSA) is 109 Å². The van der Waals surface area contributed by atoms with Crippen molar-refractivity contribution in [3.63, 3.8) is 0 Å². The van der Waals surface area contributed by atoms with Crippen LogP contribution in [0, 0.1) is 12.8 Å². The van der Waals surface area contributed by atoms with Gasteiger partial charge in [-0.25, -0.2) is 9.59 Å². The van der Waals surface area contributed by atoms with Crippen molar-refractivity contribution in [2.45, 2.75) is 45.2 Å². The predicted octanol–water partition coefficient (Wildman–Crippen LogP) is 2.16. The molecule has 8 nitrogen and oxygen atoms in total. The van der Waals surface area contributed by atoms with E-state index in [9.17, 15) is 14.4 Å². The van der Waals surface area contributed by atoms with Gasteiger partial charge in [0.25, 0.3) is 0 Å². The Balaban J connectivity index is 1.87. The zero-order valence-electron chi connectivity index (χ0n) is 14.7. The highest BCUT2D eigenvalue weighted by atomic mass is 16.5. The smallest absolute Gasteiger partial charge is 0.341 e. The Morgan fingerprint density at radius 2 is 1.96 bits per heavy atom. The summed E-state index contributed by atoms with van der Waals surface area (Å²) in [5, 5.41) is 11.9. The molecule has 2 amide bonds. The number of hydrogen-bond donors (Lipinski definition) is 2. The molecule has 2 N–H and O–H groups in total. The molecule has 2 rings (SSSR count). The lowest BCUT2D eigenvalue weighted by atomic mass is 9.86. The van der Waals surface area contributed by atoms with E-state index >= 15 is 0 Å². The van der Waals surface area contributed by atoms with Crippen molar-refractivity contribution in [3.8, 4) is 0 Å². The number of furan rings is 1. The van der Waals surface area contributed by atoms with Gasteiger partial charge in [0.1, 0.15) is 17.1 Å². The summed E-state index contributed by atoms with van der Waals surface area (Å²) >= 11 is 0. The third-order valence-electron chi connectivity index (χ3n) is 4.52. The van der Waals surface area contributed by atoms with Gasteiger partial charge in [-0.3, -0.25) is 4.79 Å². The zero-order valence-corrected chi connectivity index (χ0v) is 14.7. The first-order valence-corrected chi connectivity index (χ1v) is 8.23. The Labute approximate surface area is 146 Å². The lowest BCUT2D eigenvalue weighted by Crippen LogP contribution is -2.44. The molecule has 1 aliphatic carbocycles. The first kappa shape index (κ1) is 18.8. The van der Waals surface area contributed by atoms with Crippen LogP contribution in [0.4, 0.5) is 4.79 Å². The molecule has 1 saturated carbocycles. The molecular weight excluding hydrogens is 328 g/mol. The van der Waals surface area contributed by atoms with Crippen molar-refractivity contribution in [1.82, 2.24) is 10.2 Å². The second-order valence-electron chi connectivity index (χ2n) is 6.37. The van der Waals surface area contributed by atoms with E-state index in [-0.39, 0.29) is 24.5 Å². The summed E-state index contributed by atoms with van der Waals surface area (Å²) in [6.07, 6.45) is 2.46. The summed E-state index contributed by atoms with van der Waals surface area (Å²) < 4.78 is 10.2. The fourth-order valence-corrected chi connectivity index (χ4v) is 3.01. The Kier molecular flexibility index (Phi) is 6.06. The van der Waals surface area contributed by atoms with Gasteiger partial charge < -0.3 is 24.5 Å². The molecule has 0 atom stereocenters. The van der Waals surface area contributed by atoms with Crippen LogP contribution in [0.1, 0.15) is 47.6 Å². The Morgan fingerprint density at radius 3 is 2.52 bits per heavy atom. The van der Waals surface area contributed by atoms with Crippen LogP contribution in [0.5, 0.6) is 0 Å². The van der Waals surface area contributed by atoms with Crippen molar-refractivity contribution in [2.24, 2.45) is 5.92 Å². The second-order valence-corrected chi connectivity index (χ2v) is 6.37. The van der Waals surface area contributed by atoms with E-state index in [0.29, 0.717) is 42.8 Å². The quantitative estimate of drug-likeness (QED) is 0.786. The summed E-state index contributed by atoms with van der Waals surface area (Å²) in [5.41, 5.74) is 0.346.